The van der Waals surface area contributed by atoms with Crippen LogP contribution in [0.4, 0.5) is 4.39 Å². The molecule has 1 aliphatic carbocycles. The van der Waals surface area contributed by atoms with E-state index in [4.69, 9.17) is 21.7 Å². The van der Waals surface area contributed by atoms with Gasteiger partial charge in [0.1, 0.15) is 17.2 Å². The molecule has 1 heterocycles. The van der Waals surface area contributed by atoms with Crippen molar-refractivity contribution in [3.05, 3.63) is 70.0 Å². The topological polar surface area (TPSA) is 99.1 Å². The highest BCUT2D eigenvalue weighted by atomic mass is 35.5. The molecule has 0 radical (unpaired) electrons. The molecule has 2 aliphatic rings. The third kappa shape index (κ3) is 6.86. The van der Waals surface area contributed by atoms with Crippen LogP contribution < -0.4 is 5.32 Å². The summed E-state index contributed by atoms with van der Waals surface area (Å²) in [6.07, 6.45) is 5.67. The van der Waals surface area contributed by atoms with Gasteiger partial charge in [-0.1, -0.05) is 70.3 Å². The molecule has 42 heavy (non-hydrogen) atoms. The lowest BCUT2D eigenvalue weighted by Gasteiger charge is -2.47. The van der Waals surface area contributed by atoms with Crippen molar-refractivity contribution in [3.8, 4) is 0 Å². The Kier molecular flexibility index (Phi) is 9.76. The van der Waals surface area contributed by atoms with E-state index in [-0.39, 0.29) is 47.0 Å². The number of hydrogen-bond donors (Lipinski definition) is 2. The Labute approximate surface area is 252 Å². The number of aliphatic carboxylic acids is 1. The summed E-state index contributed by atoms with van der Waals surface area (Å²) >= 11 is 5.95. The first kappa shape index (κ1) is 31.7. The van der Waals surface area contributed by atoms with Crippen molar-refractivity contribution in [2.75, 3.05) is 6.54 Å². The molecule has 1 unspecified atom stereocenters. The highest BCUT2D eigenvalue weighted by molar-refractivity contribution is 6.47. The summed E-state index contributed by atoms with van der Waals surface area (Å²) in [4.78, 5) is 44.7. The van der Waals surface area contributed by atoms with Gasteiger partial charge >= 0.3 is 5.97 Å². The zero-order valence-electron chi connectivity index (χ0n) is 24.9. The molecule has 1 aliphatic heterocycles. The lowest BCUT2D eigenvalue weighted by atomic mass is 9.69. The van der Waals surface area contributed by atoms with E-state index in [9.17, 15) is 18.8 Å². The summed E-state index contributed by atoms with van der Waals surface area (Å²) in [5.74, 6) is -1.64. The zero-order chi connectivity index (χ0) is 30.7. The number of benzene rings is 2. The van der Waals surface area contributed by atoms with E-state index in [0.717, 1.165) is 31.2 Å². The summed E-state index contributed by atoms with van der Waals surface area (Å²) in [5, 5.41) is 11.5. The number of nitrogens with one attached hydrogen (secondary N) is 1. The van der Waals surface area contributed by atoms with Gasteiger partial charge in [-0.05, 0) is 73.3 Å². The number of carbonyl (C=O) groups is 3. The second-order valence-electron chi connectivity index (χ2n) is 12.6. The van der Waals surface area contributed by atoms with Crippen LogP contribution in [0.2, 0.25) is 5.02 Å². The minimum atomic E-state index is -0.979. The second kappa shape index (κ2) is 12.9. The quantitative estimate of drug-likeness (QED) is 0.303. The number of carboxylic acid groups (broad SMARTS) is 1. The summed E-state index contributed by atoms with van der Waals surface area (Å²) in [7, 11) is 0. The number of rotatable bonds is 10. The Balaban J connectivity index is 1.70. The lowest BCUT2D eigenvalue weighted by Crippen LogP contribution is -2.51. The van der Waals surface area contributed by atoms with E-state index in [0.29, 0.717) is 36.3 Å². The van der Waals surface area contributed by atoms with Gasteiger partial charge in [0.05, 0.1) is 17.5 Å². The van der Waals surface area contributed by atoms with Crippen LogP contribution in [0.1, 0.15) is 107 Å². The molecule has 1 spiro atoms. The molecule has 0 bridgehead atoms. The maximum Gasteiger partial charge on any atom is 0.305 e. The number of carboxylic acids is 1. The molecule has 1 saturated carbocycles. The molecule has 0 saturated heterocycles. The fourth-order valence-electron chi connectivity index (χ4n) is 6.26. The summed E-state index contributed by atoms with van der Waals surface area (Å²) in [6, 6.07) is 11.3. The van der Waals surface area contributed by atoms with Gasteiger partial charge in [0.15, 0.2) is 0 Å². The molecule has 2 amide bonds. The number of unbranched alkanes of at least 4 members (excludes halogenated alkanes) is 1. The molecule has 9 heteroatoms. The van der Waals surface area contributed by atoms with Crippen molar-refractivity contribution in [1.29, 1.82) is 0 Å². The van der Waals surface area contributed by atoms with Crippen LogP contribution >= 0.6 is 11.6 Å². The van der Waals surface area contributed by atoms with Crippen LogP contribution in [0.3, 0.4) is 0 Å². The highest BCUT2D eigenvalue weighted by Gasteiger charge is 2.52. The van der Waals surface area contributed by atoms with E-state index in [1.165, 1.54) is 12.1 Å². The van der Waals surface area contributed by atoms with Gasteiger partial charge in [-0.3, -0.25) is 19.4 Å². The molecule has 2 N–H and O–H groups in total. The first-order valence-corrected chi connectivity index (χ1v) is 15.2. The van der Waals surface area contributed by atoms with Crippen LogP contribution in [-0.2, 0) is 9.59 Å². The van der Waals surface area contributed by atoms with Crippen LogP contribution in [0.25, 0.3) is 0 Å². The number of amides is 2. The van der Waals surface area contributed by atoms with Crippen molar-refractivity contribution in [3.63, 3.8) is 0 Å². The van der Waals surface area contributed by atoms with Gasteiger partial charge < -0.3 is 15.3 Å². The Morgan fingerprint density at radius 1 is 1.17 bits per heavy atom. The Bertz CT molecular complexity index is 1340. The average Bonchev–Trinajstić information content (AvgIpc) is 3.21. The minimum absolute atomic E-state index is 0.00467. The van der Waals surface area contributed by atoms with Gasteiger partial charge in [-0.2, -0.15) is 0 Å². The molecule has 2 aromatic rings. The van der Waals surface area contributed by atoms with E-state index < -0.39 is 17.4 Å². The van der Waals surface area contributed by atoms with Crippen molar-refractivity contribution < 1.29 is 23.9 Å². The molecule has 7 nitrogen and oxygen atoms in total. The minimum Gasteiger partial charge on any atom is -0.481 e. The summed E-state index contributed by atoms with van der Waals surface area (Å²) in [5.41, 5.74) is 1.40. The Morgan fingerprint density at radius 3 is 2.40 bits per heavy atom. The molecule has 0 aromatic heterocycles. The average molecular weight is 598 g/mol. The van der Waals surface area contributed by atoms with E-state index in [1.807, 2.05) is 17.0 Å². The van der Waals surface area contributed by atoms with Crippen molar-refractivity contribution >= 4 is 35.1 Å². The van der Waals surface area contributed by atoms with Crippen molar-refractivity contribution in [2.45, 2.75) is 90.8 Å². The third-order valence-corrected chi connectivity index (χ3v) is 9.03. The molecular formula is C33H41ClFN3O4. The van der Waals surface area contributed by atoms with Gasteiger partial charge in [0, 0.05) is 17.7 Å². The van der Waals surface area contributed by atoms with Gasteiger partial charge in [-0.25, -0.2) is 4.39 Å². The number of halogens is 2. The molecular weight excluding hydrogens is 557 g/mol. The van der Waals surface area contributed by atoms with Crippen LogP contribution in [-0.4, -0.2) is 45.7 Å². The second-order valence-corrected chi connectivity index (χ2v) is 13.0. The van der Waals surface area contributed by atoms with Crippen LogP contribution in [0.15, 0.2) is 47.5 Å². The maximum absolute atomic E-state index is 14.5. The van der Waals surface area contributed by atoms with E-state index >= 15 is 0 Å². The van der Waals surface area contributed by atoms with Crippen molar-refractivity contribution in [2.24, 2.45) is 16.3 Å². The maximum atomic E-state index is 14.5. The standard InChI is InChI=1S/C33H41ClFN3O4/c1-5-6-7-27(21-8-10-22(11-9-21)30(41)36-19-16-28(39)40)38-31(42)29(23-12-13-25(34)26(35)20-23)37-33(38)17-14-24(15-18-33)32(2,3)4/h8-13,20,24,27H,5-7,14-19H2,1-4H3,(H,36,41)(H,39,40). The van der Waals surface area contributed by atoms with Gasteiger partial charge in [-0.15, -0.1) is 0 Å². The number of nitrogens with zero attached hydrogens (tertiary/aromatic N) is 2. The molecule has 4 rings (SSSR count). The number of aliphatic imine (C=N–C) groups is 1. The zero-order valence-corrected chi connectivity index (χ0v) is 25.6. The molecule has 226 valence electrons. The predicted molar refractivity (Wildman–Crippen MR) is 162 cm³/mol. The van der Waals surface area contributed by atoms with E-state index in [2.05, 4.69) is 33.0 Å². The van der Waals surface area contributed by atoms with Crippen LogP contribution in [0, 0.1) is 17.2 Å². The van der Waals surface area contributed by atoms with Crippen molar-refractivity contribution in [1.82, 2.24) is 10.2 Å². The van der Waals surface area contributed by atoms with Crippen LogP contribution in [0.5, 0.6) is 0 Å². The molecule has 2 aromatic carbocycles. The number of carbonyl (C=O) groups excluding carboxylic acids is 2. The third-order valence-electron chi connectivity index (χ3n) is 8.72. The Hall–Kier alpha value is -3.26. The normalized spacial score (nSPS) is 21.4. The fourth-order valence-corrected chi connectivity index (χ4v) is 6.38. The SMILES string of the molecule is CCCCC(c1ccc(C(=O)NCCC(=O)O)cc1)N1C(=O)C(c2ccc(Cl)c(F)c2)=NC12CCC(C(C)(C)C)CC2. The predicted octanol–water partition coefficient (Wildman–Crippen LogP) is 7.18. The largest absolute Gasteiger partial charge is 0.481 e. The highest BCUT2D eigenvalue weighted by Crippen LogP contribution is 2.50. The monoisotopic (exact) mass is 597 g/mol. The summed E-state index contributed by atoms with van der Waals surface area (Å²) in [6.45, 7) is 8.91. The first-order chi connectivity index (χ1) is 19.9. The van der Waals surface area contributed by atoms with E-state index in [1.54, 1.807) is 18.2 Å². The van der Waals surface area contributed by atoms with Gasteiger partial charge in [0.25, 0.3) is 11.8 Å². The summed E-state index contributed by atoms with van der Waals surface area (Å²) < 4.78 is 14.5. The number of hydrogen-bond acceptors (Lipinski definition) is 4. The smallest absolute Gasteiger partial charge is 0.305 e. The fraction of sp³-hybridized carbons (Fsp3) is 0.515. The molecule has 1 atom stereocenters. The Morgan fingerprint density at radius 2 is 1.83 bits per heavy atom. The first-order valence-electron chi connectivity index (χ1n) is 14.8. The van der Waals surface area contributed by atoms with Gasteiger partial charge in [0.2, 0.25) is 0 Å². The molecule has 1 fully saturated rings. The lowest BCUT2D eigenvalue weighted by molar-refractivity contribution is -0.137.